The third-order valence-electron chi connectivity index (χ3n) is 4.59. The fourth-order valence-corrected chi connectivity index (χ4v) is 5.57. The van der Waals surface area contributed by atoms with Gasteiger partial charge in [0, 0.05) is 10.6 Å². The Morgan fingerprint density at radius 2 is 1.33 bits per heavy atom. The molecule has 4 nitrogen and oxygen atoms in total. The maximum atomic E-state index is 15.3. The average molecular weight is 429 g/mol. The molecule has 0 radical (unpaired) electrons. The Balaban J connectivity index is 2.15. The van der Waals surface area contributed by atoms with Gasteiger partial charge in [-0.15, -0.1) is 0 Å². The van der Waals surface area contributed by atoms with Crippen molar-refractivity contribution in [3.8, 4) is 0 Å². The summed E-state index contributed by atoms with van der Waals surface area (Å²) in [5.74, 6) is -5.62. The highest BCUT2D eigenvalue weighted by molar-refractivity contribution is 7.76. The zero-order valence-electron chi connectivity index (χ0n) is 16.4. The molecule has 1 unspecified atom stereocenters. The zero-order valence-corrected chi connectivity index (χ0v) is 17.3. The van der Waals surface area contributed by atoms with E-state index in [0.29, 0.717) is 10.6 Å². The number of halogens is 2. The van der Waals surface area contributed by atoms with Gasteiger partial charge in [-0.3, -0.25) is 4.57 Å². The molecule has 0 fully saturated rings. The monoisotopic (exact) mass is 429 g/mol. The van der Waals surface area contributed by atoms with E-state index in [9.17, 15) is 9.36 Å². The molecule has 1 N–H and O–H groups in total. The van der Waals surface area contributed by atoms with Gasteiger partial charge in [-0.25, -0.2) is 9.88 Å². The van der Waals surface area contributed by atoms with Crippen LogP contribution in [-0.2, 0) is 14.1 Å². The van der Waals surface area contributed by atoms with Crippen molar-refractivity contribution in [2.45, 2.75) is 18.9 Å². The van der Waals surface area contributed by atoms with Crippen molar-refractivity contribution in [3.63, 3.8) is 0 Å². The predicted octanol–water partition coefficient (Wildman–Crippen LogP) is 4.44. The summed E-state index contributed by atoms with van der Waals surface area (Å²) in [7, 11) is -3.74. The molecule has 3 aromatic rings. The van der Waals surface area contributed by atoms with Crippen LogP contribution >= 0.6 is 7.29 Å². The van der Waals surface area contributed by atoms with E-state index in [0.717, 1.165) is 0 Å². The van der Waals surface area contributed by atoms with Crippen LogP contribution in [0.1, 0.15) is 18.5 Å². The number of carbonyl (C=O) groups is 1. The molecule has 1 atom stereocenters. The average Bonchev–Trinajstić information content (AvgIpc) is 2.79. The first-order valence-corrected chi connectivity index (χ1v) is 11.2. The zero-order chi connectivity index (χ0) is 21.6. The van der Waals surface area contributed by atoms with Gasteiger partial charge in [0.1, 0.15) is 6.04 Å². The molecule has 3 rings (SSSR count). The number of hydrogen-bond acceptors (Lipinski definition) is 3. The Labute approximate surface area is 174 Å². The van der Waals surface area contributed by atoms with Gasteiger partial charge in [-0.05, 0) is 36.8 Å². The SMILES string of the molecule is CCOC(=O)C(F)(F)C(NP(=O)(c1ccccc1)c1ccccc1)c1ccccc1. The molecule has 30 heavy (non-hydrogen) atoms. The Kier molecular flexibility index (Phi) is 6.80. The van der Waals surface area contributed by atoms with Crippen LogP contribution in [0.5, 0.6) is 0 Å². The molecule has 0 heterocycles. The van der Waals surface area contributed by atoms with Gasteiger partial charge in [0.25, 0.3) is 0 Å². The summed E-state index contributed by atoms with van der Waals surface area (Å²) in [5, 5.41) is 3.38. The van der Waals surface area contributed by atoms with Crippen LogP contribution in [0.4, 0.5) is 8.78 Å². The van der Waals surface area contributed by atoms with Crippen LogP contribution in [0.2, 0.25) is 0 Å². The lowest BCUT2D eigenvalue weighted by molar-refractivity contribution is -0.175. The minimum atomic E-state index is -3.95. The Morgan fingerprint density at radius 1 is 0.900 bits per heavy atom. The number of carbonyl (C=O) groups excluding carboxylic acids is 1. The van der Waals surface area contributed by atoms with E-state index >= 15 is 8.78 Å². The lowest BCUT2D eigenvalue weighted by atomic mass is 10.0. The van der Waals surface area contributed by atoms with Crippen molar-refractivity contribution in [1.29, 1.82) is 0 Å². The molecule has 7 heteroatoms. The van der Waals surface area contributed by atoms with Gasteiger partial charge < -0.3 is 4.74 Å². The number of rotatable bonds is 8. The van der Waals surface area contributed by atoms with Gasteiger partial charge >= 0.3 is 11.9 Å². The molecule has 0 aliphatic carbocycles. The van der Waals surface area contributed by atoms with E-state index in [1.807, 2.05) is 0 Å². The van der Waals surface area contributed by atoms with Crippen molar-refractivity contribution < 1.29 is 22.9 Å². The number of alkyl halides is 2. The Hall–Kier alpha value is -2.82. The number of hydrogen-bond donors (Lipinski definition) is 1. The van der Waals surface area contributed by atoms with Crippen LogP contribution in [0.15, 0.2) is 91.0 Å². The normalized spacial score (nSPS) is 12.9. The number of ether oxygens (including phenoxy) is 1. The fourth-order valence-electron chi connectivity index (χ4n) is 3.11. The second-order valence-electron chi connectivity index (χ2n) is 6.60. The van der Waals surface area contributed by atoms with Crippen LogP contribution < -0.4 is 15.7 Å². The molecule has 0 aliphatic rings. The van der Waals surface area contributed by atoms with Crippen molar-refractivity contribution in [2.75, 3.05) is 6.61 Å². The first-order chi connectivity index (χ1) is 14.4. The second kappa shape index (κ2) is 9.33. The predicted molar refractivity (Wildman–Crippen MR) is 114 cm³/mol. The van der Waals surface area contributed by atoms with Gasteiger partial charge in [0.15, 0.2) is 0 Å². The van der Waals surface area contributed by atoms with Gasteiger partial charge in [-0.1, -0.05) is 66.7 Å². The van der Waals surface area contributed by atoms with Crippen molar-refractivity contribution in [3.05, 3.63) is 96.6 Å². The van der Waals surface area contributed by atoms with Crippen LogP contribution in [0.3, 0.4) is 0 Å². The smallest absolute Gasteiger partial charge is 0.379 e. The summed E-state index contributed by atoms with van der Waals surface area (Å²) in [6.07, 6.45) is 0. The standard InChI is InChI=1S/C23H22F2NO3P/c1-2-29-22(27)23(24,25)21(18-12-6-3-7-13-18)26-30(28,19-14-8-4-9-15-19)20-16-10-5-11-17-20/h3-17,21H,2H2,1H3,(H,26,28). The molecular weight excluding hydrogens is 407 g/mol. The molecule has 0 aromatic heterocycles. The molecule has 0 spiro atoms. The van der Waals surface area contributed by atoms with Crippen LogP contribution in [-0.4, -0.2) is 18.5 Å². The highest BCUT2D eigenvalue weighted by atomic mass is 31.2. The highest BCUT2D eigenvalue weighted by Crippen LogP contribution is 2.46. The quantitative estimate of drug-likeness (QED) is 0.425. The first kappa shape index (κ1) is 21.9. The molecule has 0 amide bonds. The molecule has 0 bridgehead atoms. The minimum Gasteiger partial charge on any atom is -0.462 e. The molecular formula is C23H22F2NO3P. The van der Waals surface area contributed by atoms with E-state index in [2.05, 4.69) is 9.82 Å². The molecule has 156 valence electrons. The summed E-state index contributed by atoms with van der Waals surface area (Å²) in [5.41, 5.74) is 0.127. The van der Waals surface area contributed by atoms with E-state index in [4.69, 9.17) is 0 Å². The van der Waals surface area contributed by atoms with Crippen LogP contribution in [0, 0.1) is 0 Å². The van der Waals surface area contributed by atoms with E-state index in [1.165, 1.54) is 19.1 Å². The largest absolute Gasteiger partial charge is 0.462 e. The van der Waals surface area contributed by atoms with E-state index < -0.39 is 25.2 Å². The molecule has 0 saturated heterocycles. The first-order valence-electron chi connectivity index (χ1n) is 9.48. The lowest BCUT2D eigenvalue weighted by Crippen LogP contribution is -2.45. The Morgan fingerprint density at radius 3 is 1.77 bits per heavy atom. The number of nitrogens with one attached hydrogen (secondary N) is 1. The van der Waals surface area contributed by atoms with Crippen LogP contribution in [0.25, 0.3) is 0 Å². The lowest BCUT2D eigenvalue weighted by Gasteiger charge is -2.31. The van der Waals surface area contributed by atoms with Gasteiger partial charge in [0.05, 0.1) is 6.61 Å². The van der Waals surface area contributed by atoms with Crippen molar-refractivity contribution in [1.82, 2.24) is 5.09 Å². The summed E-state index contributed by atoms with van der Waals surface area (Å²) in [6.45, 7) is 1.27. The fraction of sp³-hybridized carbons (Fsp3) is 0.174. The Bertz CT molecular complexity index is 971. The summed E-state index contributed by atoms with van der Waals surface area (Å²) in [6, 6.07) is 22.6. The summed E-state index contributed by atoms with van der Waals surface area (Å²) in [4.78, 5) is 12.1. The highest BCUT2D eigenvalue weighted by Gasteiger charge is 2.52. The number of benzene rings is 3. The van der Waals surface area contributed by atoms with Crippen molar-refractivity contribution >= 4 is 23.9 Å². The van der Waals surface area contributed by atoms with E-state index in [1.54, 1.807) is 78.9 Å². The topological polar surface area (TPSA) is 55.4 Å². The summed E-state index contributed by atoms with van der Waals surface area (Å²) >= 11 is 0. The second-order valence-corrected chi connectivity index (χ2v) is 9.11. The number of esters is 1. The maximum absolute atomic E-state index is 15.3. The van der Waals surface area contributed by atoms with Crippen molar-refractivity contribution in [2.24, 2.45) is 0 Å². The molecule has 0 saturated carbocycles. The third-order valence-corrected chi connectivity index (χ3v) is 7.27. The van der Waals surface area contributed by atoms with Gasteiger partial charge in [0.2, 0.25) is 7.29 Å². The minimum absolute atomic E-state index is 0.127. The summed E-state index contributed by atoms with van der Waals surface area (Å²) < 4.78 is 49.4. The molecule has 0 aliphatic heterocycles. The molecule has 3 aromatic carbocycles. The van der Waals surface area contributed by atoms with Gasteiger partial charge in [-0.2, -0.15) is 8.78 Å². The third kappa shape index (κ3) is 4.50. The maximum Gasteiger partial charge on any atom is 0.379 e. The van der Waals surface area contributed by atoms with E-state index in [-0.39, 0.29) is 12.2 Å².